The third-order valence-corrected chi connectivity index (χ3v) is 4.11. The highest BCUT2D eigenvalue weighted by Gasteiger charge is 2.24. The highest BCUT2D eigenvalue weighted by molar-refractivity contribution is 5.95. The third kappa shape index (κ3) is 3.17. The molecule has 2 aliphatic heterocycles. The van der Waals surface area contributed by atoms with Gasteiger partial charge in [0.25, 0.3) is 5.91 Å². The summed E-state index contributed by atoms with van der Waals surface area (Å²) in [7, 11) is 0. The number of hydrogen-bond acceptors (Lipinski definition) is 4. The van der Waals surface area contributed by atoms with E-state index < -0.39 is 5.91 Å². The van der Waals surface area contributed by atoms with E-state index in [0.29, 0.717) is 11.3 Å². The molecule has 3 rings (SSSR count). The third-order valence-electron chi connectivity index (χ3n) is 4.11. The Labute approximate surface area is 124 Å². The van der Waals surface area contributed by atoms with E-state index in [1.165, 1.54) is 12.3 Å². The number of hydrogen-bond donors (Lipinski definition) is 1. The van der Waals surface area contributed by atoms with E-state index in [4.69, 9.17) is 10.5 Å². The molecule has 2 aliphatic rings. The summed E-state index contributed by atoms with van der Waals surface area (Å²) in [5.74, 6) is 1.41. The summed E-state index contributed by atoms with van der Waals surface area (Å²) < 4.78 is 5.99. The molecule has 1 saturated heterocycles. The van der Waals surface area contributed by atoms with E-state index in [2.05, 4.69) is 9.89 Å². The highest BCUT2D eigenvalue weighted by atomic mass is 16.5. The van der Waals surface area contributed by atoms with E-state index in [-0.39, 0.29) is 6.10 Å². The molecule has 0 saturated carbocycles. The number of amides is 1. The van der Waals surface area contributed by atoms with Crippen LogP contribution in [-0.4, -0.2) is 42.4 Å². The Kier molecular flexibility index (Phi) is 4.08. The van der Waals surface area contributed by atoms with Gasteiger partial charge in [0.1, 0.15) is 11.9 Å². The van der Waals surface area contributed by atoms with Crippen LogP contribution in [0.5, 0.6) is 5.75 Å². The quantitative estimate of drug-likeness (QED) is 0.922. The minimum Gasteiger partial charge on any atom is -0.489 e. The number of carbonyl (C=O) groups excluding carboxylic acids is 1. The number of rotatable bonds is 3. The molecule has 0 unspecified atom stereocenters. The molecule has 1 fully saturated rings. The first-order valence-corrected chi connectivity index (χ1v) is 7.58. The Balaban J connectivity index is 1.59. The van der Waals surface area contributed by atoms with E-state index in [0.717, 1.165) is 38.9 Å². The van der Waals surface area contributed by atoms with Gasteiger partial charge in [-0.05, 0) is 18.6 Å². The average molecular weight is 287 g/mol. The lowest BCUT2D eigenvalue weighted by Gasteiger charge is -2.33. The van der Waals surface area contributed by atoms with Crippen molar-refractivity contribution in [2.45, 2.75) is 31.8 Å². The number of piperidine rings is 1. The van der Waals surface area contributed by atoms with Gasteiger partial charge in [-0.1, -0.05) is 12.1 Å². The number of likely N-dealkylation sites (tertiary alicyclic amines) is 1. The molecule has 1 aromatic carbocycles. The van der Waals surface area contributed by atoms with Crippen molar-refractivity contribution in [1.82, 2.24) is 4.90 Å². The van der Waals surface area contributed by atoms with Gasteiger partial charge in [-0.3, -0.25) is 9.79 Å². The predicted molar refractivity (Wildman–Crippen MR) is 81.7 cm³/mol. The largest absolute Gasteiger partial charge is 0.489 e. The van der Waals surface area contributed by atoms with Crippen LogP contribution in [0.25, 0.3) is 0 Å². The molecule has 2 N–H and O–H groups in total. The first-order valence-electron chi connectivity index (χ1n) is 7.58. The Morgan fingerprint density at radius 2 is 2.05 bits per heavy atom. The lowest BCUT2D eigenvalue weighted by Crippen LogP contribution is -2.41. The Bertz CT molecular complexity index is 548. The van der Waals surface area contributed by atoms with Gasteiger partial charge in [0.05, 0.1) is 11.4 Å². The van der Waals surface area contributed by atoms with Crippen molar-refractivity contribution >= 4 is 11.7 Å². The Morgan fingerprint density at radius 1 is 1.29 bits per heavy atom. The molecule has 5 heteroatoms. The van der Waals surface area contributed by atoms with Crippen molar-refractivity contribution < 1.29 is 9.53 Å². The molecule has 5 nitrogen and oxygen atoms in total. The van der Waals surface area contributed by atoms with Gasteiger partial charge in [0.2, 0.25) is 0 Å². The van der Waals surface area contributed by atoms with Crippen LogP contribution >= 0.6 is 0 Å². The second-order valence-corrected chi connectivity index (χ2v) is 5.57. The SMILES string of the molecule is NC(=O)c1ccccc1OC1CCN(C2=NCCC2)CC1. The normalized spacial score (nSPS) is 19.4. The maximum absolute atomic E-state index is 11.4. The molecule has 1 aromatic rings. The molecule has 21 heavy (non-hydrogen) atoms. The average Bonchev–Trinajstić information content (AvgIpc) is 3.03. The van der Waals surface area contributed by atoms with Crippen molar-refractivity contribution in [3.8, 4) is 5.75 Å². The fourth-order valence-electron chi connectivity index (χ4n) is 2.97. The number of nitrogens with zero attached hydrogens (tertiary/aromatic N) is 2. The van der Waals surface area contributed by atoms with Gasteiger partial charge in [-0.25, -0.2) is 0 Å². The highest BCUT2D eigenvalue weighted by Crippen LogP contribution is 2.23. The molecule has 1 amide bonds. The summed E-state index contributed by atoms with van der Waals surface area (Å²) >= 11 is 0. The summed E-state index contributed by atoms with van der Waals surface area (Å²) in [4.78, 5) is 18.3. The van der Waals surface area contributed by atoms with Gasteiger partial charge in [0, 0.05) is 38.9 Å². The van der Waals surface area contributed by atoms with Crippen LogP contribution in [0.15, 0.2) is 29.3 Å². The lowest BCUT2D eigenvalue weighted by molar-refractivity contribution is 0.0982. The molecule has 2 heterocycles. The van der Waals surface area contributed by atoms with Gasteiger partial charge < -0.3 is 15.4 Å². The first kappa shape index (κ1) is 13.9. The maximum atomic E-state index is 11.4. The number of amidine groups is 1. The molecular formula is C16H21N3O2. The molecule has 0 aliphatic carbocycles. The second kappa shape index (κ2) is 6.16. The van der Waals surface area contributed by atoms with Gasteiger partial charge in [-0.2, -0.15) is 0 Å². The maximum Gasteiger partial charge on any atom is 0.252 e. The minimum atomic E-state index is -0.441. The number of primary amides is 1. The van der Waals surface area contributed by atoms with Crippen LogP contribution in [0, 0.1) is 0 Å². The van der Waals surface area contributed by atoms with Crippen LogP contribution in [0.3, 0.4) is 0 Å². The van der Waals surface area contributed by atoms with Crippen LogP contribution in [0.4, 0.5) is 0 Å². The summed E-state index contributed by atoms with van der Waals surface area (Å²) in [5.41, 5.74) is 5.84. The minimum absolute atomic E-state index is 0.142. The van der Waals surface area contributed by atoms with E-state index >= 15 is 0 Å². The van der Waals surface area contributed by atoms with Crippen LogP contribution in [0.2, 0.25) is 0 Å². The van der Waals surface area contributed by atoms with Crippen LogP contribution in [0.1, 0.15) is 36.0 Å². The Morgan fingerprint density at radius 3 is 2.71 bits per heavy atom. The van der Waals surface area contributed by atoms with Crippen molar-refractivity contribution in [1.29, 1.82) is 0 Å². The van der Waals surface area contributed by atoms with Crippen molar-refractivity contribution in [2.24, 2.45) is 10.7 Å². The van der Waals surface area contributed by atoms with Gasteiger partial charge in [0.15, 0.2) is 0 Å². The number of benzene rings is 1. The zero-order valence-corrected chi connectivity index (χ0v) is 12.1. The lowest BCUT2D eigenvalue weighted by atomic mass is 10.1. The summed E-state index contributed by atoms with van der Waals surface area (Å²) in [6.07, 6.45) is 4.33. The molecule has 0 bridgehead atoms. The predicted octanol–water partition coefficient (Wildman–Crippen LogP) is 1.82. The topological polar surface area (TPSA) is 67.9 Å². The molecular weight excluding hydrogens is 266 g/mol. The zero-order chi connectivity index (χ0) is 14.7. The first-order chi connectivity index (χ1) is 10.2. The number of nitrogens with two attached hydrogens (primary N) is 1. The molecule has 112 valence electrons. The van der Waals surface area contributed by atoms with Crippen LogP contribution < -0.4 is 10.5 Å². The van der Waals surface area contributed by atoms with Crippen molar-refractivity contribution in [2.75, 3.05) is 19.6 Å². The number of carbonyl (C=O) groups is 1. The molecule has 0 radical (unpaired) electrons. The number of aliphatic imine (C=N–C) groups is 1. The molecule has 0 spiro atoms. The second-order valence-electron chi connectivity index (χ2n) is 5.57. The monoisotopic (exact) mass is 287 g/mol. The molecule has 0 atom stereocenters. The fourth-order valence-corrected chi connectivity index (χ4v) is 2.97. The van der Waals surface area contributed by atoms with E-state index in [1.807, 2.05) is 12.1 Å². The van der Waals surface area contributed by atoms with E-state index in [9.17, 15) is 4.79 Å². The Hall–Kier alpha value is -2.04. The van der Waals surface area contributed by atoms with E-state index in [1.54, 1.807) is 12.1 Å². The standard InChI is InChI=1S/C16H21N3O2/c17-16(20)13-4-1-2-5-14(13)21-12-7-10-19(11-8-12)15-6-3-9-18-15/h1-2,4-5,12H,3,6-11H2,(H2,17,20). The number of para-hydroxylation sites is 1. The summed E-state index contributed by atoms with van der Waals surface area (Å²) in [5, 5.41) is 0. The van der Waals surface area contributed by atoms with Gasteiger partial charge in [-0.15, -0.1) is 0 Å². The smallest absolute Gasteiger partial charge is 0.252 e. The van der Waals surface area contributed by atoms with Gasteiger partial charge >= 0.3 is 0 Å². The van der Waals surface area contributed by atoms with Crippen molar-refractivity contribution in [3.63, 3.8) is 0 Å². The fraction of sp³-hybridized carbons (Fsp3) is 0.500. The summed E-state index contributed by atoms with van der Waals surface area (Å²) in [6, 6.07) is 7.19. The van der Waals surface area contributed by atoms with Crippen LogP contribution in [-0.2, 0) is 0 Å². The van der Waals surface area contributed by atoms with Crippen molar-refractivity contribution in [3.05, 3.63) is 29.8 Å². The number of ether oxygens (including phenoxy) is 1. The summed E-state index contributed by atoms with van der Waals surface area (Å²) in [6.45, 7) is 2.92. The zero-order valence-electron chi connectivity index (χ0n) is 12.1. The molecule has 0 aromatic heterocycles.